The molecule has 2 N–H and O–H groups in total. The largest absolute Gasteiger partial charge is 0.326 e. The summed E-state index contributed by atoms with van der Waals surface area (Å²) in [7, 11) is 0. The Kier molecular flexibility index (Phi) is 3.19. The lowest BCUT2D eigenvalue weighted by Crippen LogP contribution is -1.97. The molecule has 0 saturated carbocycles. The van der Waals surface area contributed by atoms with Crippen molar-refractivity contribution in [3.8, 4) is 0 Å². The SMILES string of the molecule is Cc1ccc(Cc2ccsc2CN)cc1. The van der Waals surface area contributed by atoms with E-state index in [-0.39, 0.29) is 0 Å². The molecule has 15 heavy (non-hydrogen) atoms. The summed E-state index contributed by atoms with van der Waals surface area (Å²) in [5.74, 6) is 0. The van der Waals surface area contributed by atoms with Crippen LogP contribution in [0.2, 0.25) is 0 Å². The van der Waals surface area contributed by atoms with E-state index in [2.05, 4.69) is 42.6 Å². The maximum Gasteiger partial charge on any atom is 0.0276 e. The third kappa shape index (κ3) is 2.46. The molecule has 1 aromatic heterocycles. The fourth-order valence-electron chi connectivity index (χ4n) is 1.63. The maximum atomic E-state index is 5.68. The molecule has 0 amide bonds. The van der Waals surface area contributed by atoms with Gasteiger partial charge in [-0.25, -0.2) is 0 Å². The lowest BCUT2D eigenvalue weighted by molar-refractivity contribution is 1.06. The third-order valence-electron chi connectivity index (χ3n) is 2.54. The van der Waals surface area contributed by atoms with E-state index < -0.39 is 0 Å². The smallest absolute Gasteiger partial charge is 0.0276 e. The highest BCUT2D eigenvalue weighted by atomic mass is 32.1. The first-order valence-electron chi connectivity index (χ1n) is 5.10. The van der Waals surface area contributed by atoms with Crippen molar-refractivity contribution in [3.63, 3.8) is 0 Å². The Labute approximate surface area is 94.6 Å². The van der Waals surface area contributed by atoms with Crippen LogP contribution in [0, 0.1) is 6.92 Å². The van der Waals surface area contributed by atoms with Crippen molar-refractivity contribution in [2.24, 2.45) is 5.73 Å². The third-order valence-corrected chi connectivity index (χ3v) is 3.52. The predicted octanol–water partition coefficient (Wildman–Crippen LogP) is 3.11. The number of hydrogen-bond acceptors (Lipinski definition) is 2. The van der Waals surface area contributed by atoms with Gasteiger partial charge in [0.2, 0.25) is 0 Å². The van der Waals surface area contributed by atoms with Gasteiger partial charge < -0.3 is 5.73 Å². The molecule has 0 spiro atoms. The van der Waals surface area contributed by atoms with Gasteiger partial charge in [-0.3, -0.25) is 0 Å². The predicted molar refractivity (Wildman–Crippen MR) is 66.2 cm³/mol. The highest BCUT2D eigenvalue weighted by Gasteiger charge is 2.03. The molecule has 0 aliphatic rings. The summed E-state index contributed by atoms with van der Waals surface area (Å²) >= 11 is 1.75. The van der Waals surface area contributed by atoms with Crippen molar-refractivity contribution in [2.75, 3.05) is 0 Å². The van der Waals surface area contributed by atoms with E-state index in [9.17, 15) is 0 Å². The van der Waals surface area contributed by atoms with Gasteiger partial charge in [0.05, 0.1) is 0 Å². The van der Waals surface area contributed by atoms with Gasteiger partial charge in [0.15, 0.2) is 0 Å². The van der Waals surface area contributed by atoms with Gasteiger partial charge in [-0.05, 0) is 35.9 Å². The van der Waals surface area contributed by atoms with Crippen molar-refractivity contribution in [2.45, 2.75) is 19.9 Å². The normalized spacial score (nSPS) is 10.5. The van der Waals surface area contributed by atoms with Crippen molar-refractivity contribution in [1.29, 1.82) is 0 Å². The summed E-state index contributed by atoms with van der Waals surface area (Å²) in [5, 5.41) is 2.12. The first-order valence-corrected chi connectivity index (χ1v) is 5.98. The molecule has 78 valence electrons. The molecule has 2 heteroatoms. The Bertz CT molecular complexity index is 428. The molecule has 0 aliphatic heterocycles. The zero-order valence-corrected chi connectivity index (χ0v) is 9.68. The summed E-state index contributed by atoms with van der Waals surface area (Å²) in [6.07, 6.45) is 0.996. The second kappa shape index (κ2) is 4.60. The molecule has 0 aliphatic carbocycles. The van der Waals surface area contributed by atoms with Crippen molar-refractivity contribution < 1.29 is 0 Å². The van der Waals surface area contributed by atoms with Gasteiger partial charge in [-0.15, -0.1) is 11.3 Å². The molecule has 2 rings (SSSR count). The quantitative estimate of drug-likeness (QED) is 0.840. The minimum absolute atomic E-state index is 0.652. The Morgan fingerprint density at radius 2 is 1.87 bits per heavy atom. The highest BCUT2D eigenvalue weighted by Crippen LogP contribution is 2.19. The second-order valence-electron chi connectivity index (χ2n) is 3.74. The molecule has 0 atom stereocenters. The number of benzene rings is 1. The molecule has 2 aromatic rings. The van der Waals surface area contributed by atoms with Crippen LogP contribution in [0.5, 0.6) is 0 Å². The molecule has 0 fully saturated rings. The summed E-state index contributed by atoms with van der Waals surface area (Å²) in [6, 6.07) is 10.9. The minimum atomic E-state index is 0.652. The monoisotopic (exact) mass is 217 g/mol. The van der Waals surface area contributed by atoms with Crippen LogP contribution in [0.4, 0.5) is 0 Å². The number of aryl methyl sites for hydroxylation is 1. The molecule has 1 aromatic carbocycles. The van der Waals surface area contributed by atoms with Crippen LogP contribution in [-0.2, 0) is 13.0 Å². The van der Waals surface area contributed by atoms with Gasteiger partial charge in [0.1, 0.15) is 0 Å². The van der Waals surface area contributed by atoms with E-state index in [4.69, 9.17) is 5.73 Å². The van der Waals surface area contributed by atoms with E-state index in [1.54, 1.807) is 11.3 Å². The number of rotatable bonds is 3. The van der Waals surface area contributed by atoms with E-state index >= 15 is 0 Å². The van der Waals surface area contributed by atoms with Crippen LogP contribution in [-0.4, -0.2) is 0 Å². The Morgan fingerprint density at radius 1 is 1.13 bits per heavy atom. The first-order chi connectivity index (χ1) is 7.29. The molecule has 1 nitrogen and oxygen atoms in total. The number of thiophene rings is 1. The standard InChI is InChI=1S/C13H15NS/c1-10-2-4-11(5-3-10)8-12-6-7-15-13(12)9-14/h2-7H,8-9,14H2,1H3. The van der Waals surface area contributed by atoms with Crippen molar-refractivity contribution in [3.05, 3.63) is 57.3 Å². The highest BCUT2D eigenvalue weighted by molar-refractivity contribution is 7.10. The van der Waals surface area contributed by atoms with Crippen molar-refractivity contribution in [1.82, 2.24) is 0 Å². The van der Waals surface area contributed by atoms with E-state index in [1.807, 2.05) is 0 Å². The number of hydrogen-bond donors (Lipinski definition) is 1. The molecular weight excluding hydrogens is 202 g/mol. The fraction of sp³-hybridized carbons (Fsp3) is 0.231. The lowest BCUT2D eigenvalue weighted by atomic mass is 10.0. The second-order valence-corrected chi connectivity index (χ2v) is 4.74. The van der Waals surface area contributed by atoms with Crippen LogP contribution in [0.3, 0.4) is 0 Å². The molecular formula is C13H15NS. The van der Waals surface area contributed by atoms with Gasteiger partial charge in [-0.2, -0.15) is 0 Å². The van der Waals surface area contributed by atoms with Crippen LogP contribution in [0.1, 0.15) is 21.6 Å². The Balaban J connectivity index is 2.18. The zero-order chi connectivity index (χ0) is 10.7. The van der Waals surface area contributed by atoms with Gasteiger partial charge in [0.25, 0.3) is 0 Å². The van der Waals surface area contributed by atoms with Gasteiger partial charge >= 0.3 is 0 Å². The fourth-order valence-corrected chi connectivity index (χ4v) is 2.41. The van der Waals surface area contributed by atoms with Gasteiger partial charge in [-0.1, -0.05) is 29.8 Å². The van der Waals surface area contributed by atoms with Crippen LogP contribution < -0.4 is 5.73 Å². The lowest BCUT2D eigenvalue weighted by Gasteiger charge is -2.02. The van der Waals surface area contributed by atoms with E-state index in [0.29, 0.717) is 6.54 Å². The Hall–Kier alpha value is -1.12. The summed E-state index contributed by atoms with van der Waals surface area (Å²) in [5.41, 5.74) is 9.71. The minimum Gasteiger partial charge on any atom is -0.326 e. The average molecular weight is 217 g/mol. The number of nitrogens with two attached hydrogens (primary N) is 1. The summed E-state index contributed by atoms with van der Waals surface area (Å²) < 4.78 is 0. The van der Waals surface area contributed by atoms with E-state index in [1.165, 1.54) is 21.6 Å². The molecule has 0 radical (unpaired) electrons. The Morgan fingerprint density at radius 3 is 2.53 bits per heavy atom. The first kappa shape index (κ1) is 10.4. The van der Waals surface area contributed by atoms with Crippen LogP contribution >= 0.6 is 11.3 Å². The van der Waals surface area contributed by atoms with Crippen LogP contribution in [0.25, 0.3) is 0 Å². The molecule has 1 heterocycles. The molecule has 0 saturated heterocycles. The molecule has 0 bridgehead atoms. The topological polar surface area (TPSA) is 26.0 Å². The average Bonchev–Trinajstić information content (AvgIpc) is 2.69. The summed E-state index contributed by atoms with van der Waals surface area (Å²) in [4.78, 5) is 1.30. The zero-order valence-electron chi connectivity index (χ0n) is 8.86. The van der Waals surface area contributed by atoms with E-state index in [0.717, 1.165) is 6.42 Å². The maximum absolute atomic E-state index is 5.68. The molecule has 0 unspecified atom stereocenters. The van der Waals surface area contributed by atoms with Gasteiger partial charge in [0, 0.05) is 11.4 Å². The summed E-state index contributed by atoms with van der Waals surface area (Å²) in [6.45, 7) is 2.76. The van der Waals surface area contributed by atoms with Crippen LogP contribution in [0.15, 0.2) is 35.7 Å². The van der Waals surface area contributed by atoms with Crippen molar-refractivity contribution >= 4 is 11.3 Å².